The first kappa shape index (κ1) is 15.0. The number of amides is 1. The fraction of sp³-hybridized carbons (Fsp3) is 0.529. The van der Waals surface area contributed by atoms with Crippen LogP contribution in [0.5, 0.6) is 0 Å². The van der Waals surface area contributed by atoms with Gasteiger partial charge in [0.15, 0.2) is 0 Å². The van der Waals surface area contributed by atoms with Crippen LogP contribution < -0.4 is 5.32 Å². The third kappa shape index (κ3) is 3.14. The molecule has 0 radical (unpaired) electrons. The first-order valence-electron chi connectivity index (χ1n) is 8.01. The molecule has 118 valence electrons. The third-order valence-corrected chi connectivity index (χ3v) is 4.56. The minimum Gasteiger partial charge on any atom is -0.388 e. The lowest BCUT2D eigenvalue weighted by Crippen LogP contribution is -2.39. The molecular formula is C17H23N3O2. The van der Waals surface area contributed by atoms with Crippen molar-refractivity contribution < 1.29 is 9.90 Å². The smallest absolute Gasteiger partial charge is 0.240 e. The summed E-state index contributed by atoms with van der Waals surface area (Å²) in [6.07, 6.45) is 4.48. The first-order chi connectivity index (χ1) is 10.7. The van der Waals surface area contributed by atoms with Crippen LogP contribution in [-0.4, -0.2) is 26.6 Å². The average Bonchev–Trinajstić information content (AvgIpc) is 2.87. The van der Waals surface area contributed by atoms with Gasteiger partial charge >= 0.3 is 0 Å². The number of nitrogens with zero attached hydrogens (tertiary/aromatic N) is 2. The predicted molar refractivity (Wildman–Crippen MR) is 85.2 cm³/mol. The van der Waals surface area contributed by atoms with Crippen LogP contribution in [0, 0.1) is 5.92 Å². The largest absolute Gasteiger partial charge is 0.388 e. The van der Waals surface area contributed by atoms with Crippen molar-refractivity contribution in [2.75, 3.05) is 0 Å². The summed E-state index contributed by atoms with van der Waals surface area (Å²) in [5.74, 6) is 1.30. The molecule has 5 heteroatoms. The van der Waals surface area contributed by atoms with Gasteiger partial charge in [-0.25, -0.2) is 4.98 Å². The maximum Gasteiger partial charge on any atom is 0.240 e. The van der Waals surface area contributed by atoms with Crippen molar-refractivity contribution >= 4 is 16.9 Å². The normalized spacial score (nSPS) is 21.9. The van der Waals surface area contributed by atoms with Gasteiger partial charge in [0.05, 0.1) is 11.0 Å². The quantitative estimate of drug-likeness (QED) is 0.910. The van der Waals surface area contributed by atoms with Gasteiger partial charge in [-0.2, -0.15) is 0 Å². The van der Waals surface area contributed by atoms with Crippen molar-refractivity contribution in [3.8, 4) is 0 Å². The number of para-hydroxylation sites is 2. The maximum atomic E-state index is 12.3. The number of rotatable bonds is 4. The number of carbonyl (C=O) groups is 1. The van der Waals surface area contributed by atoms with Gasteiger partial charge in [-0.1, -0.05) is 19.1 Å². The topological polar surface area (TPSA) is 67.2 Å². The summed E-state index contributed by atoms with van der Waals surface area (Å²) in [4.78, 5) is 16.7. The third-order valence-electron chi connectivity index (χ3n) is 4.56. The highest BCUT2D eigenvalue weighted by molar-refractivity contribution is 5.81. The SMILES string of the molecule is CC1CCC(NC(=O)Cn2c(CO)nc3ccccc32)CC1. The van der Waals surface area contributed by atoms with Gasteiger partial charge in [-0.05, 0) is 43.7 Å². The van der Waals surface area contributed by atoms with Crippen LogP contribution in [0.1, 0.15) is 38.4 Å². The molecule has 3 rings (SSSR count). The zero-order chi connectivity index (χ0) is 15.5. The van der Waals surface area contributed by atoms with Crippen LogP contribution in [0.2, 0.25) is 0 Å². The van der Waals surface area contributed by atoms with E-state index in [0.29, 0.717) is 5.82 Å². The molecule has 5 nitrogen and oxygen atoms in total. The molecule has 0 atom stereocenters. The number of hydrogen-bond donors (Lipinski definition) is 2. The highest BCUT2D eigenvalue weighted by Crippen LogP contribution is 2.23. The predicted octanol–water partition coefficient (Wildman–Crippen LogP) is 2.22. The minimum absolute atomic E-state index is 0.00240. The van der Waals surface area contributed by atoms with Crippen molar-refractivity contribution in [3.05, 3.63) is 30.1 Å². The number of carbonyl (C=O) groups excluding carboxylic acids is 1. The van der Waals surface area contributed by atoms with Gasteiger partial charge in [-0.3, -0.25) is 4.79 Å². The standard InChI is InChI=1S/C17H23N3O2/c1-12-6-8-13(9-7-12)18-17(22)10-20-15-5-3-2-4-14(15)19-16(20)11-21/h2-5,12-13,21H,6-11H2,1H3,(H,18,22). The number of aliphatic hydroxyl groups excluding tert-OH is 1. The Bertz CT molecular complexity index is 657. The molecule has 1 fully saturated rings. The highest BCUT2D eigenvalue weighted by atomic mass is 16.3. The van der Waals surface area contributed by atoms with Crippen LogP contribution in [-0.2, 0) is 17.9 Å². The molecule has 1 aliphatic rings. The van der Waals surface area contributed by atoms with E-state index in [-0.39, 0.29) is 25.1 Å². The number of nitrogens with one attached hydrogen (secondary N) is 1. The molecule has 0 unspecified atom stereocenters. The Morgan fingerprint density at radius 2 is 2.05 bits per heavy atom. The Hall–Kier alpha value is -1.88. The van der Waals surface area contributed by atoms with Gasteiger partial charge < -0.3 is 15.0 Å². The van der Waals surface area contributed by atoms with Crippen molar-refractivity contribution in [3.63, 3.8) is 0 Å². The number of fused-ring (bicyclic) bond motifs is 1. The fourth-order valence-electron chi connectivity index (χ4n) is 3.24. The zero-order valence-electron chi connectivity index (χ0n) is 13.0. The Morgan fingerprint density at radius 3 is 2.77 bits per heavy atom. The number of hydrogen-bond acceptors (Lipinski definition) is 3. The summed E-state index contributed by atoms with van der Waals surface area (Å²) in [5.41, 5.74) is 1.70. The van der Waals surface area contributed by atoms with Gasteiger partial charge in [0, 0.05) is 6.04 Å². The van der Waals surface area contributed by atoms with E-state index in [1.54, 1.807) is 4.57 Å². The van der Waals surface area contributed by atoms with Gasteiger partial charge in [0.25, 0.3) is 0 Å². The zero-order valence-corrected chi connectivity index (χ0v) is 13.0. The monoisotopic (exact) mass is 301 g/mol. The van der Waals surface area contributed by atoms with Crippen LogP contribution in [0.15, 0.2) is 24.3 Å². The second-order valence-corrected chi connectivity index (χ2v) is 6.29. The first-order valence-corrected chi connectivity index (χ1v) is 8.01. The van der Waals surface area contributed by atoms with Crippen molar-refractivity contribution in [1.29, 1.82) is 0 Å². The molecule has 0 spiro atoms. The molecule has 2 aromatic rings. The summed E-state index contributed by atoms with van der Waals surface area (Å²) >= 11 is 0. The molecule has 1 aromatic carbocycles. The molecular weight excluding hydrogens is 278 g/mol. The molecule has 0 aliphatic heterocycles. The summed E-state index contributed by atoms with van der Waals surface area (Å²) in [6.45, 7) is 2.31. The van der Waals surface area contributed by atoms with Crippen LogP contribution in [0.3, 0.4) is 0 Å². The van der Waals surface area contributed by atoms with E-state index in [2.05, 4.69) is 17.2 Å². The lowest BCUT2D eigenvalue weighted by Gasteiger charge is -2.27. The summed E-state index contributed by atoms with van der Waals surface area (Å²) < 4.78 is 1.80. The van der Waals surface area contributed by atoms with Crippen molar-refractivity contribution in [2.45, 2.75) is 51.8 Å². The lowest BCUT2D eigenvalue weighted by atomic mass is 9.87. The van der Waals surface area contributed by atoms with Crippen LogP contribution in [0.25, 0.3) is 11.0 Å². The van der Waals surface area contributed by atoms with Crippen LogP contribution >= 0.6 is 0 Å². The van der Waals surface area contributed by atoms with Crippen LogP contribution in [0.4, 0.5) is 0 Å². The number of imidazole rings is 1. The van der Waals surface area contributed by atoms with Crippen molar-refractivity contribution in [2.24, 2.45) is 5.92 Å². The molecule has 22 heavy (non-hydrogen) atoms. The second-order valence-electron chi connectivity index (χ2n) is 6.29. The summed E-state index contributed by atoms with van der Waals surface area (Å²) in [7, 11) is 0. The molecule has 0 saturated heterocycles. The minimum atomic E-state index is -0.164. The van der Waals surface area contributed by atoms with E-state index in [1.807, 2.05) is 24.3 Å². The summed E-state index contributed by atoms with van der Waals surface area (Å²) in [6, 6.07) is 7.94. The van der Waals surface area contributed by atoms with E-state index in [0.717, 1.165) is 29.8 Å². The van der Waals surface area contributed by atoms with E-state index in [4.69, 9.17) is 0 Å². The number of aliphatic hydroxyl groups is 1. The summed E-state index contributed by atoms with van der Waals surface area (Å²) in [5, 5.41) is 12.6. The Balaban J connectivity index is 1.71. The second kappa shape index (κ2) is 6.48. The number of benzene rings is 1. The van der Waals surface area contributed by atoms with E-state index in [9.17, 15) is 9.90 Å². The molecule has 1 aliphatic carbocycles. The highest BCUT2D eigenvalue weighted by Gasteiger charge is 2.20. The van der Waals surface area contributed by atoms with Crippen molar-refractivity contribution in [1.82, 2.24) is 14.9 Å². The van der Waals surface area contributed by atoms with E-state index in [1.165, 1.54) is 12.8 Å². The molecule has 2 N–H and O–H groups in total. The van der Waals surface area contributed by atoms with E-state index < -0.39 is 0 Å². The fourth-order valence-corrected chi connectivity index (χ4v) is 3.24. The van der Waals surface area contributed by atoms with E-state index >= 15 is 0 Å². The number of aromatic nitrogens is 2. The Kier molecular flexibility index (Phi) is 4.43. The molecule has 1 heterocycles. The average molecular weight is 301 g/mol. The van der Waals surface area contributed by atoms with Gasteiger partial charge in [0.2, 0.25) is 5.91 Å². The molecule has 1 aromatic heterocycles. The molecule has 1 amide bonds. The Morgan fingerprint density at radius 1 is 1.32 bits per heavy atom. The molecule has 1 saturated carbocycles. The molecule has 0 bridgehead atoms. The van der Waals surface area contributed by atoms with Gasteiger partial charge in [-0.15, -0.1) is 0 Å². The van der Waals surface area contributed by atoms with Gasteiger partial charge in [0.1, 0.15) is 19.0 Å². The maximum absolute atomic E-state index is 12.3. The lowest BCUT2D eigenvalue weighted by molar-refractivity contribution is -0.122. The Labute approximate surface area is 130 Å².